The van der Waals surface area contributed by atoms with Gasteiger partial charge in [0.2, 0.25) is 5.71 Å². The molecule has 12 heterocycles. The second kappa shape index (κ2) is 18.2. The first kappa shape index (κ1) is 52.2. The maximum Gasteiger partial charge on any atom is 0.333 e. The summed E-state index contributed by atoms with van der Waals surface area (Å²) in [6, 6.07) is 97.9. The number of hydrogen-bond acceptors (Lipinski definition) is 5. The second-order valence-corrected chi connectivity index (χ2v) is 29.9. The first-order chi connectivity index (χ1) is 49.0. The molecule has 0 saturated carbocycles. The maximum atomic E-state index is 7.06. The van der Waals surface area contributed by atoms with Crippen molar-refractivity contribution >= 4 is 204 Å². The van der Waals surface area contributed by atoms with E-state index in [1.54, 1.807) is 0 Å². The molecular weight excluding hydrogens is 1240 g/mol. The van der Waals surface area contributed by atoms with Crippen LogP contribution in [0.1, 0.15) is 11.1 Å². The molecule has 25 rings (SSSR count). The van der Waals surface area contributed by atoms with Crippen LogP contribution in [0.5, 0.6) is 0 Å². The van der Waals surface area contributed by atoms with Crippen molar-refractivity contribution in [1.82, 2.24) is 18.1 Å². The number of furan rings is 2. The van der Waals surface area contributed by atoms with E-state index in [1.165, 1.54) is 162 Å². The van der Waals surface area contributed by atoms with Gasteiger partial charge in [-0.2, -0.15) is 0 Å². The van der Waals surface area contributed by atoms with E-state index in [-0.39, 0.29) is 13.7 Å². The van der Waals surface area contributed by atoms with Crippen LogP contribution in [0.25, 0.3) is 184 Å². The van der Waals surface area contributed by atoms with Gasteiger partial charge < -0.3 is 27.3 Å². The van der Waals surface area contributed by atoms with Gasteiger partial charge in [-0.25, -0.2) is 0 Å². The molecule has 21 aromatic rings. The molecule has 0 unspecified atom stereocenters. The van der Waals surface area contributed by atoms with Gasteiger partial charge in [-0.05, 0) is 165 Å². The first-order valence-electron chi connectivity index (χ1n) is 34.2. The molecule has 0 spiro atoms. The summed E-state index contributed by atoms with van der Waals surface area (Å²) in [4.78, 5) is 2.44. The fourth-order valence-electron chi connectivity index (χ4n) is 19.3. The predicted octanol–water partition coefficient (Wildman–Crippen LogP) is 21.3. The highest BCUT2D eigenvalue weighted by Gasteiger charge is 2.46. The molecule has 0 radical (unpaired) electrons. The average molecular weight is 1290 g/mol. The summed E-state index contributed by atoms with van der Waals surface area (Å²) in [5.74, 6) is 0. The highest BCUT2D eigenvalue weighted by molar-refractivity contribution is 7.27. The number of anilines is 3. The lowest BCUT2D eigenvalue weighted by molar-refractivity contribution is 0.645. The summed E-state index contributed by atoms with van der Waals surface area (Å²) in [7, 11) is 0. The molecule has 0 fully saturated rings. The number of benzene rings is 13. The average Bonchev–Trinajstić information content (AvgIpc) is 1.61. The lowest BCUT2D eigenvalue weighted by Crippen LogP contribution is -2.55. The number of aryl methyl sites for hydroxylation is 2. The molecular formula is C88H49B2N5O2S2. The fourth-order valence-corrected chi connectivity index (χ4v) is 21.7. The number of thiophene rings is 2. The summed E-state index contributed by atoms with van der Waals surface area (Å²) < 4.78 is 29.7. The van der Waals surface area contributed by atoms with Crippen LogP contribution in [0.2, 0.25) is 0 Å². The molecule has 0 bridgehead atoms. The standard InChI is InChI=1S/C88H49B2N5O2S2/c1-46-39-49(40-47(2)74(46)50-41-64-54-26-15-29-61-78(54)94(82-57-24-10-13-35-71(57)96-85(61)82)89-66-32-17-28-60-75-56-23-9-12-34-70(56)97-88(75)93(80(60)66)68(42-50)76(64)89)48-37-38-59-73(43-48)99-87-62-30-16-27-55-65-44-53(91(51-19-5-3-6-20-51)52-21-7-4-8-22-52)45-69-77(65)90(95(79(55)62)84(59)87)67-33-18-31-63-81(67)92(69)83-58-25-11-14-36-72(58)98-86(63)83/h3-45H,1-2H3. The second-order valence-electron chi connectivity index (χ2n) is 27.8. The Bertz CT molecular complexity index is 7290. The fraction of sp³-hybridized carbons (Fsp3) is 0.0227. The molecule has 0 saturated heterocycles. The van der Waals surface area contributed by atoms with Crippen LogP contribution in [-0.2, 0) is 0 Å². The Morgan fingerprint density at radius 3 is 1.65 bits per heavy atom. The van der Waals surface area contributed by atoms with Gasteiger partial charge in [0, 0.05) is 103 Å². The Morgan fingerprint density at radius 2 is 0.899 bits per heavy atom. The summed E-state index contributed by atoms with van der Waals surface area (Å²) >= 11 is 3.87. The number of para-hydroxylation sites is 8. The summed E-state index contributed by atoms with van der Waals surface area (Å²) in [5, 5.41) is 11.0. The van der Waals surface area contributed by atoms with Crippen molar-refractivity contribution in [2.24, 2.45) is 0 Å². The van der Waals surface area contributed by atoms with Crippen molar-refractivity contribution in [3.05, 3.63) is 272 Å². The predicted molar refractivity (Wildman–Crippen MR) is 418 cm³/mol. The van der Waals surface area contributed by atoms with Crippen molar-refractivity contribution in [3.63, 3.8) is 0 Å². The molecule has 0 N–H and O–H groups in total. The molecule has 456 valence electrons. The van der Waals surface area contributed by atoms with Crippen molar-refractivity contribution in [3.8, 4) is 55.9 Å². The highest BCUT2D eigenvalue weighted by Crippen LogP contribution is 2.53. The van der Waals surface area contributed by atoms with E-state index in [0.717, 1.165) is 72.3 Å². The largest absolute Gasteiger partial charge is 0.454 e. The molecule has 0 amide bonds. The van der Waals surface area contributed by atoms with E-state index >= 15 is 0 Å². The molecule has 99 heavy (non-hydrogen) atoms. The number of rotatable bonds is 5. The van der Waals surface area contributed by atoms with E-state index in [2.05, 4.69) is 298 Å². The minimum Gasteiger partial charge on any atom is -0.454 e. The van der Waals surface area contributed by atoms with Crippen LogP contribution in [0.15, 0.2) is 270 Å². The number of nitrogens with zero attached hydrogens (tertiary/aromatic N) is 5. The third-order valence-corrected chi connectivity index (χ3v) is 25.3. The third kappa shape index (κ3) is 6.31. The van der Waals surface area contributed by atoms with Crippen LogP contribution in [0.3, 0.4) is 0 Å². The van der Waals surface area contributed by atoms with Gasteiger partial charge in [0.15, 0.2) is 5.58 Å². The van der Waals surface area contributed by atoms with Crippen molar-refractivity contribution in [2.75, 3.05) is 4.90 Å². The normalized spacial score (nSPS) is 13.3. The van der Waals surface area contributed by atoms with E-state index in [9.17, 15) is 0 Å². The van der Waals surface area contributed by atoms with Gasteiger partial charge in [-0.15, -0.1) is 22.7 Å². The van der Waals surface area contributed by atoms with Crippen LogP contribution in [0.4, 0.5) is 17.1 Å². The van der Waals surface area contributed by atoms with Crippen LogP contribution < -0.4 is 26.8 Å². The molecule has 0 aliphatic carbocycles. The van der Waals surface area contributed by atoms with Crippen molar-refractivity contribution in [2.45, 2.75) is 13.8 Å². The summed E-state index contributed by atoms with van der Waals surface area (Å²) in [6.07, 6.45) is 0. The Kier molecular flexibility index (Phi) is 9.57. The molecule has 0 atom stereocenters. The summed E-state index contributed by atoms with van der Waals surface area (Å²) in [5.41, 5.74) is 35.7. The molecule has 4 aliphatic rings. The lowest BCUT2D eigenvalue weighted by Gasteiger charge is -2.36. The Hall–Kier alpha value is -12.0. The van der Waals surface area contributed by atoms with E-state index in [0.29, 0.717) is 0 Å². The Morgan fingerprint density at radius 1 is 0.343 bits per heavy atom. The van der Waals surface area contributed by atoms with Crippen molar-refractivity contribution < 1.29 is 8.83 Å². The van der Waals surface area contributed by atoms with Gasteiger partial charge in [-0.1, -0.05) is 176 Å². The molecule has 4 aliphatic heterocycles. The van der Waals surface area contributed by atoms with Gasteiger partial charge in [0.25, 0.3) is 0 Å². The van der Waals surface area contributed by atoms with Gasteiger partial charge in [0.1, 0.15) is 11.2 Å². The molecule has 11 heteroatoms. The topological polar surface area (TPSA) is 49.2 Å². The van der Waals surface area contributed by atoms with Gasteiger partial charge >= 0.3 is 13.7 Å². The zero-order chi connectivity index (χ0) is 64.1. The van der Waals surface area contributed by atoms with Crippen LogP contribution in [-0.4, -0.2) is 31.8 Å². The van der Waals surface area contributed by atoms with Crippen molar-refractivity contribution in [1.29, 1.82) is 0 Å². The smallest absolute Gasteiger partial charge is 0.333 e. The van der Waals surface area contributed by atoms with Gasteiger partial charge in [0.05, 0.1) is 42.4 Å². The number of hydrogen-bond donors (Lipinski definition) is 0. The minimum absolute atomic E-state index is 0.0830. The van der Waals surface area contributed by atoms with Gasteiger partial charge in [-0.3, -0.25) is 4.57 Å². The number of aromatic nitrogens is 4. The van der Waals surface area contributed by atoms with E-state index < -0.39 is 0 Å². The maximum absolute atomic E-state index is 7.06. The molecule has 7 nitrogen and oxygen atoms in total. The SMILES string of the molecule is Cc1cc(-c2ccc3c(c2)sc2c4cccc5c4n(c32)B2c3c-5cc(N(c4ccccc4)c4ccccc4)cc3-n3c4c2cccc4c2sc4ccccc4c23)cc(C)c1-c1cc2c3c(c1)-n1c4oc5ccccc5c4c4cccc(c41)B3n1c3c-2cccc3c2oc3ccccc3c21. The third-order valence-electron chi connectivity index (χ3n) is 22.9. The quantitative estimate of drug-likeness (QED) is 0.161. The van der Waals surface area contributed by atoms with Crippen LogP contribution >= 0.6 is 22.7 Å². The zero-order valence-corrected chi connectivity index (χ0v) is 55.0. The monoisotopic (exact) mass is 1290 g/mol. The minimum atomic E-state index is -0.119. The Balaban J connectivity index is 0.687. The Labute approximate surface area is 573 Å². The summed E-state index contributed by atoms with van der Waals surface area (Å²) in [6.45, 7) is 4.43. The van der Waals surface area contributed by atoms with Crippen LogP contribution in [0, 0.1) is 13.8 Å². The van der Waals surface area contributed by atoms with E-state index in [4.69, 9.17) is 8.83 Å². The molecule has 13 aromatic carbocycles. The number of fused-ring (bicyclic) bond motifs is 28. The first-order valence-corrected chi connectivity index (χ1v) is 35.8. The van der Waals surface area contributed by atoms with E-state index in [1.807, 2.05) is 22.7 Å². The highest BCUT2D eigenvalue weighted by atomic mass is 32.1. The lowest BCUT2D eigenvalue weighted by atomic mass is 9.45. The zero-order valence-electron chi connectivity index (χ0n) is 53.3. The molecule has 8 aromatic heterocycles.